The molecule has 0 aliphatic carbocycles. The van der Waals surface area contributed by atoms with Crippen LogP contribution in [0.25, 0.3) is 11.1 Å². The van der Waals surface area contributed by atoms with Gasteiger partial charge >= 0.3 is 11.9 Å². The summed E-state index contributed by atoms with van der Waals surface area (Å²) in [5.74, 6) is -0.744. The minimum atomic E-state index is -0.958. The van der Waals surface area contributed by atoms with Gasteiger partial charge in [-0.05, 0) is 47.0 Å². The van der Waals surface area contributed by atoms with Gasteiger partial charge in [0.25, 0.3) is 0 Å². The fourth-order valence-electron chi connectivity index (χ4n) is 3.10. The molecule has 0 spiro atoms. The van der Waals surface area contributed by atoms with Gasteiger partial charge in [-0.1, -0.05) is 42.5 Å². The van der Waals surface area contributed by atoms with Crippen LogP contribution in [0.15, 0.2) is 72.8 Å². The van der Waals surface area contributed by atoms with Crippen molar-refractivity contribution in [3.63, 3.8) is 0 Å². The third-order valence-electron chi connectivity index (χ3n) is 4.57. The summed E-state index contributed by atoms with van der Waals surface area (Å²) in [6, 6.07) is 23.4. The van der Waals surface area contributed by atoms with Crippen molar-refractivity contribution >= 4 is 11.9 Å². The monoisotopic (exact) mass is 369 g/mol. The standard InChI is InChI=1S/C23H15NO4/c24-14-15-5-7-16(8-6-15)17-9-11-19(12-10-17)27-23(26)21-13-18-3-1-2-4-20(18)22(25)28-21/h1-12,21H,13H2. The lowest BCUT2D eigenvalue weighted by molar-refractivity contribution is -0.144. The Morgan fingerprint density at radius 1 is 0.964 bits per heavy atom. The number of benzene rings is 3. The largest absolute Gasteiger partial charge is 0.446 e. The Morgan fingerprint density at radius 3 is 2.29 bits per heavy atom. The predicted octanol–water partition coefficient (Wildman–Crippen LogP) is 3.91. The fourth-order valence-corrected chi connectivity index (χ4v) is 3.10. The zero-order valence-electron chi connectivity index (χ0n) is 14.8. The van der Waals surface area contributed by atoms with Crippen LogP contribution in [0.4, 0.5) is 0 Å². The topological polar surface area (TPSA) is 76.4 Å². The average Bonchev–Trinajstić information content (AvgIpc) is 2.74. The van der Waals surface area contributed by atoms with E-state index in [1.807, 2.05) is 36.4 Å². The first-order chi connectivity index (χ1) is 13.6. The first kappa shape index (κ1) is 17.5. The Morgan fingerprint density at radius 2 is 1.61 bits per heavy atom. The number of nitriles is 1. The van der Waals surface area contributed by atoms with Gasteiger partial charge in [-0.2, -0.15) is 5.26 Å². The highest BCUT2D eigenvalue weighted by atomic mass is 16.6. The number of ether oxygens (including phenoxy) is 2. The summed E-state index contributed by atoms with van der Waals surface area (Å²) in [5, 5.41) is 8.87. The molecular formula is C23H15NO4. The summed E-state index contributed by atoms with van der Waals surface area (Å²) in [7, 11) is 0. The maximum absolute atomic E-state index is 12.4. The van der Waals surface area contributed by atoms with E-state index < -0.39 is 18.0 Å². The summed E-state index contributed by atoms with van der Waals surface area (Å²) in [6.07, 6.45) is -0.662. The maximum atomic E-state index is 12.4. The van der Waals surface area contributed by atoms with Crippen molar-refractivity contribution in [1.82, 2.24) is 0 Å². The molecule has 5 heteroatoms. The molecule has 1 unspecified atom stereocenters. The highest BCUT2D eigenvalue weighted by Crippen LogP contribution is 2.25. The van der Waals surface area contributed by atoms with Gasteiger partial charge in [-0.25, -0.2) is 9.59 Å². The van der Waals surface area contributed by atoms with Crippen LogP contribution in [0, 0.1) is 11.3 Å². The van der Waals surface area contributed by atoms with Crippen LogP contribution in [0.5, 0.6) is 5.75 Å². The van der Waals surface area contributed by atoms with Crippen molar-refractivity contribution in [2.75, 3.05) is 0 Å². The number of rotatable bonds is 3. The van der Waals surface area contributed by atoms with Gasteiger partial charge in [0.2, 0.25) is 6.10 Å². The number of hydrogen-bond acceptors (Lipinski definition) is 5. The second-order valence-electron chi connectivity index (χ2n) is 6.39. The Labute approximate surface area is 161 Å². The lowest BCUT2D eigenvalue weighted by atomic mass is 9.99. The van der Waals surface area contributed by atoms with Crippen LogP contribution in [0.2, 0.25) is 0 Å². The van der Waals surface area contributed by atoms with Crippen molar-refractivity contribution in [3.05, 3.63) is 89.5 Å². The minimum absolute atomic E-state index is 0.296. The van der Waals surface area contributed by atoms with E-state index in [-0.39, 0.29) is 0 Å². The molecule has 28 heavy (non-hydrogen) atoms. The van der Waals surface area contributed by atoms with Crippen molar-refractivity contribution < 1.29 is 19.1 Å². The molecule has 1 heterocycles. The molecule has 3 aromatic carbocycles. The number of nitrogens with zero attached hydrogens (tertiary/aromatic N) is 1. The van der Waals surface area contributed by atoms with Gasteiger partial charge in [0.1, 0.15) is 5.75 Å². The molecule has 0 saturated carbocycles. The van der Waals surface area contributed by atoms with Gasteiger partial charge in [0.15, 0.2) is 0 Å². The van der Waals surface area contributed by atoms with Gasteiger partial charge < -0.3 is 9.47 Å². The van der Waals surface area contributed by atoms with E-state index in [2.05, 4.69) is 6.07 Å². The first-order valence-electron chi connectivity index (χ1n) is 8.75. The highest BCUT2D eigenvalue weighted by Gasteiger charge is 2.32. The van der Waals surface area contributed by atoms with Crippen LogP contribution in [-0.4, -0.2) is 18.0 Å². The summed E-state index contributed by atoms with van der Waals surface area (Å²) >= 11 is 0. The number of carbonyl (C=O) groups is 2. The molecule has 0 radical (unpaired) electrons. The molecule has 0 aromatic heterocycles. The number of hydrogen-bond donors (Lipinski definition) is 0. The van der Waals surface area contributed by atoms with Crippen LogP contribution >= 0.6 is 0 Å². The molecule has 1 aliphatic rings. The third-order valence-corrected chi connectivity index (χ3v) is 4.57. The molecule has 0 fully saturated rings. The number of esters is 2. The van der Waals surface area contributed by atoms with E-state index in [4.69, 9.17) is 14.7 Å². The lowest BCUT2D eigenvalue weighted by Gasteiger charge is -2.23. The van der Waals surface area contributed by atoms with Crippen molar-refractivity contribution in [1.29, 1.82) is 5.26 Å². The van der Waals surface area contributed by atoms with E-state index in [9.17, 15) is 9.59 Å². The van der Waals surface area contributed by atoms with Gasteiger partial charge in [-0.3, -0.25) is 0 Å². The van der Waals surface area contributed by atoms with E-state index in [0.717, 1.165) is 16.7 Å². The molecular weight excluding hydrogens is 354 g/mol. The molecule has 3 aromatic rings. The Hall–Kier alpha value is -3.91. The summed E-state index contributed by atoms with van der Waals surface area (Å²) in [6.45, 7) is 0. The van der Waals surface area contributed by atoms with Crippen molar-refractivity contribution in [2.24, 2.45) is 0 Å². The molecule has 1 aliphatic heterocycles. The second-order valence-corrected chi connectivity index (χ2v) is 6.39. The SMILES string of the molecule is N#Cc1ccc(-c2ccc(OC(=O)C3Cc4ccccc4C(=O)O3)cc2)cc1. The van der Waals surface area contributed by atoms with Crippen LogP contribution in [0.3, 0.4) is 0 Å². The van der Waals surface area contributed by atoms with Gasteiger partial charge in [0, 0.05) is 6.42 Å². The average molecular weight is 369 g/mol. The van der Waals surface area contributed by atoms with Crippen LogP contribution < -0.4 is 4.74 Å². The Bertz CT molecular complexity index is 1080. The van der Waals surface area contributed by atoms with E-state index in [0.29, 0.717) is 23.3 Å². The van der Waals surface area contributed by atoms with Gasteiger partial charge in [-0.15, -0.1) is 0 Å². The van der Waals surface area contributed by atoms with Crippen molar-refractivity contribution in [3.8, 4) is 22.9 Å². The fraction of sp³-hybridized carbons (Fsp3) is 0.0870. The van der Waals surface area contributed by atoms with E-state index >= 15 is 0 Å². The number of cyclic esters (lactones) is 1. The number of fused-ring (bicyclic) bond motifs is 1. The predicted molar refractivity (Wildman–Crippen MR) is 102 cm³/mol. The third kappa shape index (κ3) is 3.49. The molecule has 5 nitrogen and oxygen atoms in total. The molecule has 0 bridgehead atoms. The molecule has 0 N–H and O–H groups in total. The quantitative estimate of drug-likeness (QED) is 0.517. The van der Waals surface area contributed by atoms with E-state index in [1.165, 1.54) is 0 Å². The van der Waals surface area contributed by atoms with E-state index in [1.54, 1.807) is 36.4 Å². The number of carbonyl (C=O) groups excluding carboxylic acids is 2. The molecule has 1 atom stereocenters. The molecule has 0 amide bonds. The zero-order valence-corrected chi connectivity index (χ0v) is 14.8. The maximum Gasteiger partial charge on any atom is 0.353 e. The Balaban J connectivity index is 1.45. The van der Waals surface area contributed by atoms with Gasteiger partial charge in [0.05, 0.1) is 17.2 Å². The zero-order chi connectivity index (χ0) is 19.5. The normalized spacial score (nSPS) is 15.1. The van der Waals surface area contributed by atoms with Crippen LogP contribution in [-0.2, 0) is 16.0 Å². The summed E-state index contributed by atoms with van der Waals surface area (Å²) < 4.78 is 10.6. The highest BCUT2D eigenvalue weighted by molar-refractivity contribution is 5.95. The molecule has 0 saturated heterocycles. The van der Waals surface area contributed by atoms with Crippen LogP contribution in [0.1, 0.15) is 21.5 Å². The lowest BCUT2D eigenvalue weighted by Crippen LogP contribution is -2.36. The smallest absolute Gasteiger partial charge is 0.353 e. The first-order valence-corrected chi connectivity index (χ1v) is 8.75. The Kier molecular flexibility index (Phi) is 4.61. The second kappa shape index (κ2) is 7.37. The summed E-state index contributed by atoms with van der Waals surface area (Å²) in [5.41, 5.74) is 3.74. The molecule has 4 rings (SSSR count). The van der Waals surface area contributed by atoms with Crippen molar-refractivity contribution in [2.45, 2.75) is 12.5 Å². The molecule has 136 valence electrons. The summed E-state index contributed by atoms with van der Waals surface area (Å²) in [4.78, 5) is 24.5. The minimum Gasteiger partial charge on any atom is -0.446 e.